The van der Waals surface area contributed by atoms with Gasteiger partial charge in [0.15, 0.2) is 0 Å². The first kappa shape index (κ1) is 15.2. The van der Waals surface area contributed by atoms with E-state index in [4.69, 9.17) is 9.52 Å². The molecular weight excluding hydrogens is 314 g/mol. The van der Waals surface area contributed by atoms with Crippen LogP contribution in [0, 0.1) is 0 Å². The largest absolute Gasteiger partial charge is 0.478 e. The molecule has 0 saturated heterocycles. The van der Waals surface area contributed by atoms with Gasteiger partial charge in [-0.25, -0.2) is 14.6 Å². The van der Waals surface area contributed by atoms with Crippen LogP contribution in [0.4, 0.5) is 5.69 Å². The molecule has 8 heteroatoms. The van der Waals surface area contributed by atoms with Crippen molar-refractivity contribution >= 4 is 17.9 Å². The minimum absolute atomic E-state index is 0.0401. The smallest absolute Gasteiger partial charge is 0.335 e. The lowest BCUT2D eigenvalue weighted by atomic mass is 10.1. The van der Waals surface area contributed by atoms with Crippen molar-refractivity contribution in [1.82, 2.24) is 9.97 Å². The third kappa shape index (κ3) is 3.22. The van der Waals surface area contributed by atoms with Crippen LogP contribution in [-0.4, -0.2) is 27.3 Å². The van der Waals surface area contributed by atoms with Crippen molar-refractivity contribution in [3.63, 3.8) is 0 Å². The van der Waals surface area contributed by atoms with Crippen LogP contribution in [-0.2, 0) is 0 Å². The minimum Gasteiger partial charge on any atom is -0.478 e. The molecule has 0 fully saturated rings. The Hall–Kier alpha value is -3.68. The third-order valence-electron chi connectivity index (χ3n) is 3.17. The summed E-state index contributed by atoms with van der Waals surface area (Å²) in [4.78, 5) is 41.6. The number of H-pyrrole nitrogens is 2. The van der Waals surface area contributed by atoms with Crippen LogP contribution in [0.5, 0.6) is 0 Å². The van der Waals surface area contributed by atoms with Crippen LogP contribution in [0.15, 0.2) is 61.6 Å². The standard InChI is InChI=1S/C16H11N3O5/c20-14-12(8-18-16(23)19-14)17-7-11-5-6-13(24-11)9-1-3-10(4-2-9)15(21)22/h1-8H,(H,21,22)(H2,18,19,20,23). The van der Waals surface area contributed by atoms with Gasteiger partial charge in [0.25, 0.3) is 5.56 Å². The topological polar surface area (TPSA) is 129 Å². The SMILES string of the molecule is O=C(O)c1ccc(-c2ccc(C=Nc3c[nH]c(=O)[nH]c3=O)o2)cc1. The molecule has 2 heterocycles. The van der Waals surface area contributed by atoms with Gasteiger partial charge in [-0.15, -0.1) is 0 Å². The third-order valence-corrected chi connectivity index (χ3v) is 3.17. The predicted molar refractivity (Wildman–Crippen MR) is 86.0 cm³/mol. The number of furan rings is 1. The van der Waals surface area contributed by atoms with Gasteiger partial charge in [-0.1, -0.05) is 12.1 Å². The molecule has 0 aliphatic heterocycles. The number of aliphatic imine (C=N–C) groups is 1. The quantitative estimate of drug-likeness (QED) is 0.630. The van der Waals surface area contributed by atoms with Crippen molar-refractivity contribution in [3.05, 3.63) is 74.8 Å². The molecule has 0 atom stereocenters. The molecule has 3 N–H and O–H groups in total. The first-order valence-corrected chi connectivity index (χ1v) is 6.82. The maximum absolute atomic E-state index is 11.5. The van der Waals surface area contributed by atoms with Gasteiger partial charge in [-0.2, -0.15) is 0 Å². The molecule has 0 spiro atoms. The van der Waals surface area contributed by atoms with E-state index in [2.05, 4.69) is 15.0 Å². The van der Waals surface area contributed by atoms with E-state index in [1.165, 1.54) is 24.5 Å². The van der Waals surface area contributed by atoms with Crippen LogP contribution < -0.4 is 11.2 Å². The molecule has 0 amide bonds. The molecule has 1 aromatic carbocycles. The van der Waals surface area contributed by atoms with E-state index in [1.54, 1.807) is 24.3 Å². The fourth-order valence-corrected chi connectivity index (χ4v) is 1.99. The van der Waals surface area contributed by atoms with Crippen molar-refractivity contribution in [2.45, 2.75) is 0 Å². The Labute approximate surface area is 134 Å². The van der Waals surface area contributed by atoms with Gasteiger partial charge in [-0.3, -0.25) is 9.78 Å². The molecular formula is C16H11N3O5. The molecule has 0 bridgehead atoms. The molecule has 2 aromatic heterocycles. The molecule has 3 rings (SSSR count). The number of carboxylic acids is 1. The van der Waals surface area contributed by atoms with Gasteiger partial charge in [0, 0.05) is 11.8 Å². The Kier molecular flexibility index (Phi) is 3.94. The zero-order valence-electron chi connectivity index (χ0n) is 12.1. The van der Waals surface area contributed by atoms with Crippen LogP contribution in [0.2, 0.25) is 0 Å². The number of hydrogen-bond acceptors (Lipinski definition) is 5. The molecule has 0 aliphatic carbocycles. The summed E-state index contributed by atoms with van der Waals surface area (Å²) in [7, 11) is 0. The second-order valence-corrected chi connectivity index (χ2v) is 4.80. The molecule has 24 heavy (non-hydrogen) atoms. The number of nitrogens with zero attached hydrogens (tertiary/aromatic N) is 1. The molecule has 0 radical (unpaired) electrons. The Morgan fingerprint density at radius 1 is 1.12 bits per heavy atom. The molecule has 3 aromatic rings. The lowest BCUT2D eigenvalue weighted by Crippen LogP contribution is -2.20. The van der Waals surface area contributed by atoms with Crippen LogP contribution in [0.1, 0.15) is 16.1 Å². The Balaban J connectivity index is 1.82. The fourth-order valence-electron chi connectivity index (χ4n) is 1.99. The summed E-state index contributed by atoms with van der Waals surface area (Å²) in [6.45, 7) is 0. The van der Waals surface area contributed by atoms with Crippen molar-refractivity contribution in [2.24, 2.45) is 4.99 Å². The van der Waals surface area contributed by atoms with Crippen molar-refractivity contribution < 1.29 is 14.3 Å². The number of carbonyl (C=O) groups is 1. The van der Waals surface area contributed by atoms with Crippen molar-refractivity contribution in [2.75, 3.05) is 0 Å². The van der Waals surface area contributed by atoms with Gasteiger partial charge in [0.1, 0.15) is 17.2 Å². The molecule has 0 aliphatic rings. The maximum Gasteiger partial charge on any atom is 0.335 e. The second kappa shape index (κ2) is 6.21. The summed E-state index contributed by atoms with van der Waals surface area (Å²) < 4.78 is 5.57. The Morgan fingerprint density at radius 3 is 2.54 bits per heavy atom. The lowest BCUT2D eigenvalue weighted by molar-refractivity contribution is 0.0697. The maximum atomic E-state index is 11.5. The first-order valence-electron chi connectivity index (χ1n) is 6.82. The van der Waals surface area contributed by atoms with Crippen LogP contribution >= 0.6 is 0 Å². The van der Waals surface area contributed by atoms with E-state index in [9.17, 15) is 14.4 Å². The zero-order valence-corrected chi connectivity index (χ0v) is 12.1. The summed E-state index contributed by atoms with van der Waals surface area (Å²) in [5.41, 5.74) is -0.278. The molecule has 120 valence electrons. The van der Waals surface area contributed by atoms with Gasteiger partial charge < -0.3 is 14.5 Å². The highest BCUT2D eigenvalue weighted by molar-refractivity contribution is 5.88. The Bertz CT molecular complexity index is 1020. The number of aromatic carboxylic acids is 1. The van der Waals surface area contributed by atoms with Gasteiger partial charge in [-0.05, 0) is 24.3 Å². The summed E-state index contributed by atoms with van der Waals surface area (Å²) >= 11 is 0. The number of aromatic amines is 2. The Morgan fingerprint density at radius 2 is 1.88 bits per heavy atom. The monoisotopic (exact) mass is 325 g/mol. The van der Waals surface area contributed by atoms with E-state index < -0.39 is 17.2 Å². The number of rotatable bonds is 4. The van der Waals surface area contributed by atoms with E-state index >= 15 is 0 Å². The second-order valence-electron chi connectivity index (χ2n) is 4.80. The predicted octanol–water partition coefficient (Wildman–Crippen LogP) is 1.77. The van der Waals surface area contributed by atoms with Gasteiger partial charge in [0.2, 0.25) is 0 Å². The van der Waals surface area contributed by atoms with Crippen LogP contribution in [0.3, 0.4) is 0 Å². The minimum atomic E-state index is -1.00. The molecule has 0 unspecified atom stereocenters. The average molecular weight is 325 g/mol. The van der Waals surface area contributed by atoms with E-state index in [0.29, 0.717) is 17.1 Å². The average Bonchev–Trinajstić information content (AvgIpc) is 3.03. The first-order chi connectivity index (χ1) is 11.5. The zero-order chi connectivity index (χ0) is 17.1. The van der Waals surface area contributed by atoms with E-state index in [-0.39, 0.29) is 11.3 Å². The number of carboxylic acid groups (broad SMARTS) is 1. The summed E-state index contributed by atoms with van der Waals surface area (Å²) in [6, 6.07) is 9.59. The number of hydrogen-bond donors (Lipinski definition) is 3. The number of aromatic nitrogens is 2. The van der Waals surface area contributed by atoms with Crippen molar-refractivity contribution in [3.8, 4) is 11.3 Å². The van der Waals surface area contributed by atoms with Crippen LogP contribution in [0.25, 0.3) is 11.3 Å². The molecule has 0 saturated carbocycles. The number of benzene rings is 1. The van der Waals surface area contributed by atoms with Gasteiger partial charge >= 0.3 is 11.7 Å². The van der Waals surface area contributed by atoms with E-state index in [0.717, 1.165) is 0 Å². The van der Waals surface area contributed by atoms with Crippen molar-refractivity contribution in [1.29, 1.82) is 0 Å². The molecule has 8 nitrogen and oxygen atoms in total. The summed E-state index contributed by atoms with van der Waals surface area (Å²) in [5, 5.41) is 8.88. The highest BCUT2D eigenvalue weighted by Crippen LogP contribution is 2.22. The summed E-state index contributed by atoms with van der Waals surface area (Å²) in [5.74, 6) is -0.0679. The fraction of sp³-hybridized carbons (Fsp3) is 0. The highest BCUT2D eigenvalue weighted by atomic mass is 16.4. The van der Waals surface area contributed by atoms with E-state index in [1.807, 2.05) is 0 Å². The lowest BCUT2D eigenvalue weighted by Gasteiger charge is -1.98. The van der Waals surface area contributed by atoms with Gasteiger partial charge in [0.05, 0.1) is 11.8 Å². The highest BCUT2D eigenvalue weighted by Gasteiger charge is 2.06. The summed E-state index contributed by atoms with van der Waals surface area (Å²) in [6.07, 6.45) is 2.55. The normalized spacial score (nSPS) is 11.0. The number of nitrogens with one attached hydrogen (secondary N) is 2.